The van der Waals surface area contributed by atoms with Gasteiger partial charge in [-0.1, -0.05) is 42.5 Å². The number of hydrogen-bond donors (Lipinski definition) is 3. The fraction of sp³-hybridized carbons (Fsp3) is 0.391. The number of benzene rings is 1. The summed E-state index contributed by atoms with van der Waals surface area (Å²) in [6.45, 7) is 6.90. The second-order valence-corrected chi connectivity index (χ2v) is 9.67. The number of carboxylic acids is 1. The fourth-order valence-corrected chi connectivity index (χ4v) is 4.90. The first-order chi connectivity index (χ1) is 15.5. The molecule has 0 aliphatic carbocycles. The zero-order chi connectivity index (χ0) is 24.3. The minimum atomic E-state index is -1.19. The van der Waals surface area contributed by atoms with Gasteiger partial charge in [0.05, 0.1) is 0 Å². The zero-order valence-corrected chi connectivity index (χ0v) is 19.6. The molecule has 0 spiro atoms. The Kier molecular flexibility index (Phi) is 7.16. The van der Waals surface area contributed by atoms with Gasteiger partial charge in [-0.3, -0.25) is 14.5 Å². The van der Waals surface area contributed by atoms with E-state index in [1.807, 2.05) is 0 Å². The van der Waals surface area contributed by atoms with Gasteiger partial charge in [-0.05, 0) is 38.8 Å². The Morgan fingerprint density at radius 3 is 2.48 bits per heavy atom. The molecule has 2 aliphatic heterocycles. The number of amides is 3. The number of nitrogens with one attached hydrogen (secondary N) is 2. The van der Waals surface area contributed by atoms with E-state index in [1.54, 1.807) is 70.2 Å². The largest absolute Gasteiger partial charge is 0.477 e. The molecule has 2 aliphatic rings. The van der Waals surface area contributed by atoms with Crippen LogP contribution in [-0.4, -0.2) is 56.7 Å². The number of hydrogen-bond acceptors (Lipinski definition) is 6. The van der Waals surface area contributed by atoms with Crippen molar-refractivity contribution in [1.29, 1.82) is 0 Å². The maximum atomic E-state index is 13.1. The molecule has 9 nitrogen and oxygen atoms in total. The van der Waals surface area contributed by atoms with Gasteiger partial charge in [-0.2, -0.15) is 0 Å². The standard InChI is InChI=1S/C23H27N3O6S/c1-5-9-14-12-33-20-16(19(28)26(20)17(14)21(29)30)24-18(27)15(13-10-7-6-8-11-13)25-22(31)32-23(2,3)4/h5-11,15-16,20H,12H2,1-4H3,(H,24,27)(H,25,31)(H,29,30)/b9-5-/t15?,16-,20-/m1/s1. The monoisotopic (exact) mass is 473 g/mol. The molecule has 0 bridgehead atoms. The molecule has 0 radical (unpaired) electrons. The molecular formula is C23H27N3O6S. The molecule has 0 aromatic heterocycles. The normalized spacial score (nSPS) is 21.2. The number of nitrogens with zero attached hydrogens (tertiary/aromatic N) is 1. The number of carbonyl (C=O) groups is 4. The first-order valence-electron chi connectivity index (χ1n) is 10.4. The van der Waals surface area contributed by atoms with Gasteiger partial charge in [-0.25, -0.2) is 9.59 Å². The SMILES string of the molecule is C/C=C\C1=C(C(=O)O)N2C(=O)[C@@H](NC(=O)C(NC(=O)OC(C)(C)C)c3ccccc3)[C@H]2SC1. The number of thioether (sulfide) groups is 1. The van der Waals surface area contributed by atoms with Crippen LogP contribution in [0.1, 0.15) is 39.3 Å². The molecule has 1 saturated heterocycles. The van der Waals surface area contributed by atoms with Crippen LogP contribution < -0.4 is 10.6 Å². The Balaban J connectivity index is 1.79. The first-order valence-corrected chi connectivity index (χ1v) is 11.5. The number of allylic oxidation sites excluding steroid dienone is 2. The van der Waals surface area contributed by atoms with E-state index in [0.29, 0.717) is 16.9 Å². The van der Waals surface area contributed by atoms with Crippen molar-refractivity contribution in [2.45, 2.75) is 50.8 Å². The summed E-state index contributed by atoms with van der Waals surface area (Å²) >= 11 is 1.37. The van der Waals surface area contributed by atoms with Crippen molar-refractivity contribution in [2.24, 2.45) is 0 Å². The maximum absolute atomic E-state index is 13.1. The van der Waals surface area contributed by atoms with Crippen molar-refractivity contribution < 1.29 is 29.0 Å². The zero-order valence-electron chi connectivity index (χ0n) is 18.8. The van der Waals surface area contributed by atoms with Crippen molar-refractivity contribution in [2.75, 3.05) is 5.75 Å². The predicted molar refractivity (Wildman–Crippen MR) is 123 cm³/mol. The summed E-state index contributed by atoms with van der Waals surface area (Å²) in [7, 11) is 0. The van der Waals surface area contributed by atoms with Crippen LogP contribution in [-0.2, 0) is 19.1 Å². The van der Waals surface area contributed by atoms with Crippen molar-refractivity contribution in [3.63, 3.8) is 0 Å². The van der Waals surface area contributed by atoms with Crippen LogP contribution in [0.5, 0.6) is 0 Å². The number of ether oxygens (including phenoxy) is 1. The van der Waals surface area contributed by atoms with Crippen LogP contribution in [0, 0.1) is 0 Å². The van der Waals surface area contributed by atoms with E-state index < -0.39 is 46.9 Å². The van der Waals surface area contributed by atoms with Crippen LogP contribution in [0.2, 0.25) is 0 Å². The van der Waals surface area contributed by atoms with E-state index in [4.69, 9.17) is 4.74 Å². The van der Waals surface area contributed by atoms with E-state index in [1.165, 1.54) is 16.7 Å². The molecule has 3 amide bonds. The van der Waals surface area contributed by atoms with Crippen LogP contribution >= 0.6 is 11.8 Å². The summed E-state index contributed by atoms with van der Waals surface area (Å²) in [5, 5.41) is 14.3. The van der Waals surface area contributed by atoms with Gasteiger partial charge in [0, 0.05) is 5.75 Å². The minimum Gasteiger partial charge on any atom is -0.477 e. The number of β-lactam (4-membered cyclic amide) rings is 1. The molecule has 10 heteroatoms. The highest BCUT2D eigenvalue weighted by molar-refractivity contribution is 8.00. The Morgan fingerprint density at radius 2 is 1.91 bits per heavy atom. The Morgan fingerprint density at radius 1 is 1.24 bits per heavy atom. The molecule has 3 rings (SSSR count). The fourth-order valence-electron chi connectivity index (χ4n) is 3.58. The number of rotatable bonds is 6. The molecule has 0 saturated carbocycles. The van der Waals surface area contributed by atoms with Gasteiger partial charge < -0.3 is 20.5 Å². The summed E-state index contributed by atoms with van der Waals surface area (Å²) in [4.78, 5) is 51.3. The van der Waals surface area contributed by atoms with Crippen molar-refractivity contribution >= 4 is 35.6 Å². The molecule has 3 N–H and O–H groups in total. The summed E-state index contributed by atoms with van der Waals surface area (Å²) < 4.78 is 5.28. The third kappa shape index (κ3) is 5.39. The number of aliphatic carboxylic acids is 1. The van der Waals surface area contributed by atoms with Gasteiger partial charge >= 0.3 is 12.1 Å². The molecule has 1 fully saturated rings. The Labute approximate surface area is 196 Å². The number of fused-ring (bicyclic) bond motifs is 1. The van der Waals surface area contributed by atoms with Gasteiger partial charge in [-0.15, -0.1) is 11.8 Å². The molecule has 3 atom stereocenters. The Bertz CT molecular complexity index is 1010. The lowest BCUT2D eigenvalue weighted by atomic mass is 10.0. The summed E-state index contributed by atoms with van der Waals surface area (Å²) in [6, 6.07) is 6.60. The van der Waals surface area contributed by atoms with Crippen LogP contribution in [0.3, 0.4) is 0 Å². The molecule has 176 valence electrons. The molecule has 1 aromatic rings. The molecule has 33 heavy (non-hydrogen) atoms. The molecule has 1 aromatic carbocycles. The average molecular weight is 474 g/mol. The van der Waals surface area contributed by atoms with E-state index in [0.717, 1.165) is 0 Å². The van der Waals surface area contributed by atoms with E-state index in [-0.39, 0.29) is 5.70 Å². The van der Waals surface area contributed by atoms with Crippen LogP contribution in [0.4, 0.5) is 4.79 Å². The number of alkyl carbamates (subject to hydrolysis) is 1. The van der Waals surface area contributed by atoms with Crippen molar-refractivity contribution in [1.82, 2.24) is 15.5 Å². The highest BCUT2D eigenvalue weighted by Crippen LogP contribution is 2.40. The lowest BCUT2D eigenvalue weighted by Crippen LogP contribution is -2.71. The summed E-state index contributed by atoms with van der Waals surface area (Å²) in [6.07, 6.45) is 2.62. The third-order valence-electron chi connectivity index (χ3n) is 4.92. The lowest BCUT2D eigenvalue weighted by molar-refractivity contribution is -0.150. The highest BCUT2D eigenvalue weighted by atomic mass is 32.2. The van der Waals surface area contributed by atoms with Gasteiger partial charge in [0.25, 0.3) is 5.91 Å². The van der Waals surface area contributed by atoms with E-state index in [2.05, 4.69) is 10.6 Å². The van der Waals surface area contributed by atoms with Crippen molar-refractivity contribution in [3.8, 4) is 0 Å². The van der Waals surface area contributed by atoms with Gasteiger partial charge in [0.15, 0.2) is 0 Å². The summed E-state index contributed by atoms with van der Waals surface area (Å²) in [5.41, 5.74) is 0.231. The Hall–Kier alpha value is -3.27. The average Bonchev–Trinajstić information content (AvgIpc) is 2.74. The second kappa shape index (κ2) is 9.70. The molecular weight excluding hydrogens is 446 g/mol. The van der Waals surface area contributed by atoms with Crippen molar-refractivity contribution in [3.05, 3.63) is 59.3 Å². The molecule has 1 unspecified atom stereocenters. The number of carboxylic acid groups (broad SMARTS) is 1. The summed E-state index contributed by atoms with van der Waals surface area (Å²) in [5.74, 6) is -1.90. The maximum Gasteiger partial charge on any atom is 0.408 e. The first kappa shape index (κ1) is 24.4. The predicted octanol–water partition coefficient (Wildman–Crippen LogP) is 2.57. The van der Waals surface area contributed by atoms with E-state index >= 15 is 0 Å². The number of carbonyl (C=O) groups excluding carboxylic acids is 3. The lowest BCUT2D eigenvalue weighted by Gasteiger charge is -2.49. The topological polar surface area (TPSA) is 125 Å². The van der Waals surface area contributed by atoms with E-state index in [9.17, 15) is 24.3 Å². The smallest absolute Gasteiger partial charge is 0.408 e. The highest BCUT2D eigenvalue weighted by Gasteiger charge is 2.54. The second-order valence-electron chi connectivity index (χ2n) is 8.56. The van der Waals surface area contributed by atoms with Gasteiger partial charge in [0.2, 0.25) is 5.91 Å². The van der Waals surface area contributed by atoms with Gasteiger partial charge in [0.1, 0.15) is 28.8 Å². The third-order valence-corrected chi connectivity index (χ3v) is 6.22. The van der Waals surface area contributed by atoms with Crippen LogP contribution in [0.25, 0.3) is 0 Å². The molecule has 2 heterocycles. The van der Waals surface area contributed by atoms with Crippen LogP contribution in [0.15, 0.2) is 53.8 Å². The quantitative estimate of drug-likeness (QED) is 0.542. The minimum absolute atomic E-state index is 0.0705.